The number of piperidine rings is 1. The highest BCUT2D eigenvalue weighted by molar-refractivity contribution is 14.0. The van der Waals surface area contributed by atoms with Gasteiger partial charge < -0.3 is 15.4 Å². The molecule has 0 aromatic rings. The summed E-state index contributed by atoms with van der Waals surface area (Å²) in [4.78, 5) is 6.93. The highest BCUT2D eigenvalue weighted by Gasteiger charge is 2.28. The number of hydrogen-bond donors (Lipinski definition) is 1. The van der Waals surface area contributed by atoms with Crippen LogP contribution in [0.25, 0.3) is 0 Å². The van der Waals surface area contributed by atoms with E-state index < -0.39 is 0 Å². The number of nitrogens with two attached hydrogens (primary N) is 1. The van der Waals surface area contributed by atoms with Crippen molar-refractivity contribution in [1.82, 2.24) is 4.90 Å². The van der Waals surface area contributed by atoms with Gasteiger partial charge in [-0.3, -0.25) is 4.99 Å². The Morgan fingerprint density at radius 2 is 2.10 bits per heavy atom. The fourth-order valence-corrected chi connectivity index (χ4v) is 3.51. The van der Waals surface area contributed by atoms with Crippen molar-refractivity contribution < 1.29 is 4.74 Å². The summed E-state index contributed by atoms with van der Waals surface area (Å²) in [5, 5.41) is 0. The number of halogens is 1. The van der Waals surface area contributed by atoms with Crippen LogP contribution in [0.3, 0.4) is 0 Å². The number of hydrogen-bond acceptors (Lipinski definition) is 2. The van der Waals surface area contributed by atoms with E-state index in [-0.39, 0.29) is 24.0 Å². The third-order valence-electron chi connectivity index (χ3n) is 4.62. The van der Waals surface area contributed by atoms with E-state index >= 15 is 0 Å². The van der Waals surface area contributed by atoms with Crippen LogP contribution >= 0.6 is 24.0 Å². The van der Waals surface area contributed by atoms with Crippen LogP contribution in [0.2, 0.25) is 0 Å². The van der Waals surface area contributed by atoms with Gasteiger partial charge in [-0.25, -0.2) is 0 Å². The largest absolute Gasteiger partial charge is 0.378 e. The number of guanidine groups is 1. The van der Waals surface area contributed by atoms with E-state index in [1.54, 1.807) is 0 Å². The van der Waals surface area contributed by atoms with Gasteiger partial charge >= 0.3 is 0 Å². The van der Waals surface area contributed by atoms with Gasteiger partial charge in [0.15, 0.2) is 5.96 Å². The van der Waals surface area contributed by atoms with E-state index in [4.69, 9.17) is 10.5 Å². The Morgan fingerprint density at radius 3 is 2.76 bits per heavy atom. The van der Waals surface area contributed by atoms with Gasteiger partial charge in [-0.1, -0.05) is 20.8 Å². The lowest BCUT2D eigenvalue weighted by Crippen LogP contribution is -2.44. The standard InChI is InChI=1S/C16H31N3O.HI/c1-12(2)15-14(7-5-9-20-15)10-18-16(17)19-8-4-6-13(3)11-19;/h12-15H,4-11H2,1-3H3,(H2,17,18);1H. The Kier molecular flexibility index (Phi) is 8.31. The number of rotatable bonds is 3. The SMILES string of the molecule is CC1CCCN(C(N)=NCC2CCCOC2C(C)C)C1.I. The van der Waals surface area contributed by atoms with E-state index in [1.165, 1.54) is 19.3 Å². The van der Waals surface area contributed by atoms with Crippen molar-refractivity contribution in [2.45, 2.75) is 52.6 Å². The molecule has 0 bridgehead atoms. The van der Waals surface area contributed by atoms with E-state index in [0.29, 0.717) is 17.9 Å². The van der Waals surface area contributed by atoms with Gasteiger partial charge in [0.2, 0.25) is 0 Å². The molecular weight excluding hydrogens is 377 g/mol. The van der Waals surface area contributed by atoms with Gasteiger partial charge in [-0.05, 0) is 37.5 Å². The highest BCUT2D eigenvalue weighted by Crippen LogP contribution is 2.26. The summed E-state index contributed by atoms with van der Waals surface area (Å²) < 4.78 is 5.92. The molecule has 3 atom stereocenters. The molecule has 5 heteroatoms. The van der Waals surface area contributed by atoms with Gasteiger partial charge in [0.25, 0.3) is 0 Å². The van der Waals surface area contributed by atoms with Crippen LogP contribution in [0.4, 0.5) is 0 Å². The molecule has 2 fully saturated rings. The minimum Gasteiger partial charge on any atom is -0.378 e. The van der Waals surface area contributed by atoms with Crippen LogP contribution in [0.5, 0.6) is 0 Å². The van der Waals surface area contributed by atoms with Crippen LogP contribution in [0.15, 0.2) is 4.99 Å². The third kappa shape index (κ3) is 5.58. The summed E-state index contributed by atoms with van der Waals surface area (Å²) in [5.74, 6) is 2.57. The zero-order valence-electron chi connectivity index (χ0n) is 13.8. The fourth-order valence-electron chi connectivity index (χ4n) is 3.51. The van der Waals surface area contributed by atoms with Crippen LogP contribution in [-0.4, -0.2) is 43.2 Å². The van der Waals surface area contributed by atoms with Crippen molar-refractivity contribution in [1.29, 1.82) is 0 Å². The Morgan fingerprint density at radius 1 is 1.33 bits per heavy atom. The lowest BCUT2D eigenvalue weighted by molar-refractivity contribution is -0.0491. The second kappa shape index (κ2) is 9.18. The van der Waals surface area contributed by atoms with Crippen molar-refractivity contribution in [3.8, 4) is 0 Å². The van der Waals surface area contributed by atoms with Gasteiger partial charge in [0.05, 0.1) is 6.10 Å². The quantitative estimate of drug-likeness (QED) is 0.443. The predicted molar refractivity (Wildman–Crippen MR) is 99.2 cm³/mol. The average molecular weight is 409 g/mol. The molecule has 0 aromatic heterocycles. The van der Waals surface area contributed by atoms with Gasteiger partial charge in [0, 0.05) is 32.2 Å². The van der Waals surface area contributed by atoms with Crippen LogP contribution in [0, 0.1) is 17.8 Å². The molecule has 2 heterocycles. The lowest BCUT2D eigenvalue weighted by Gasteiger charge is -2.35. The summed E-state index contributed by atoms with van der Waals surface area (Å²) in [5.41, 5.74) is 6.18. The van der Waals surface area contributed by atoms with Gasteiger partial charge in [0.1, 0.15) is 0 Å². The highest BCUT2D eigenvalue weighted by atomic mass is 127. The molecular formula is C16H32IN3O. The molecule has 2 rings (SSSR count). The van der Waals surface area contributed by atoms with Crippen LogP contribution in [0.1, 0.15) is 46.5 Å². The Hall–Kier alpha value is -0.0400. The lowest BCUT2D eigenvalue weighted by atomic mass is 9.87. The molecule has 4 nitrogen and oxygen atoms in total. The first kappa shape index (κ1) is 19.0. The Bertz CT molecular complexity index is 335. The number of ether oxygens (including phenoxy) is 1. The first-order chi connectivity index (χ1) is 9.58. The zero-order chi connectivity index (χ0) is 14.5. The molecule has 21 heavy (non-hydrogen) atoms. The molecule has 2 aliphatic heterocycles. The first-order valence-electron chi connectivity index (χ1n) is 8.24. The molecule has 2 saturated heterocycles. The molecule has 0 aromatic carbocycles. The van der Waals surface area contributed by atoms with E-state index in [9.17, 15) is 0 Å². The maximum absolute atomic E-state index is 6.18. The predicted octanol–water partition coefficient (Wildman–Crippen LogP) is 3.10. The Labute approximate surface area is 146 Å². The normalized spacial score (nSPS) is 31.1. The molecule has 0 amide bonds. The zero-order valence-corrected chi connectivity index (χ0v) is 16.1. The summed E-state index contributed by atoms with van der Waals surface area (Å²) in [6, 6.07) is 0. The minimum absolute atomic E-state index is 0. The van der Waals surface area contributed by atoms with Crippen molar-refractivity contribution in [3.63, 3.8) is 0 Å². The molecule has 0 saturated carbocycles. The fraction of sp³-hybridized carbons (Fsp3) is 0.938. The van der Waals surface area contributed by atoms with Gasteiger partial charge in [-0.15, -0.1) is 24.0 Å². The second-order valence-electron chi connectivity index (χ2n) is 6.87. The molecule has 124 valence electrons. The maximum atomic E-state index is 6.18. The van der Waals surface area contributed by atoms with Crippen LogP contribution < -0.4 is 5.73 Å². The van der Waals surface area contributed by atoms with Crippen LogP contribution in [-0.2, 0) is 4.74 Å². The monoisotopic (exact) mass is 409 g/mol. The molecule has 0 spiro atoms. The summed E-state index contributed by atoms with van der Waals surface area (Å²) in [6.07, 6.45) is 5.27. The van der Waals surface area contributed by atoms with E-state index in [0.717, 1.165) is 44.5 Å². The molecule has 0 aliphatic carbocycles. The summed E-state index contributed by atoms with van der Waals surface area (Å²) >= 11 is 0. The summed E-state index contributed by atoms with van der Waals surface area (Å²) in [7, 11) is 0. The van der Waals surface area contributed by atoms with E-state index in [2.05, 4.69) is 30.7 Å². The first-order valence-corrected chi connectivity index (χ1v) is 8.24. The smallest absolute Gasteiger partial charge is 0.191 e. The van der Waals surface area contributed by atoms with Crippen molar-refractivity contribution in [3.05, 3.63) is 0 Å². The van der Waals surface area contributed by atoms with E-state index in [1.807, 2.05) is 0 Å². The van der Waals surface area contributed by atoms with Crippen molar-refractivity contribution in [2.24, 2.45) is 28.5 Å². The van der Waals surface area contributed by atoms with Crippen molar-refractivity contribution >= 4 is 29.9 Å². The number of likely N-dealkylation sites (tertiary alicyclic amines) is 1. The number of aliphatic imine (C=N–C) groups is 1. The average Bonchev–Trinajstić information content (AvgIpc) is 2.45. The molecule has 0 radical (unpaired) electrons. The molecule has 3 unspecified atom stereocenters. The minimum atomic E-state index is 0. The topological polar surface area (TPSA) is 50.8 Å². The number of nitrogens with zero attached hydrogens (tertiary/aromatic N) is 2. The van der Waals surface area contributed by atoms with Gasteiger partial charge in [-0.2, -0.15) is 0 Å². The Balaban J connectivity index is 0.00000220. The maximum Gasteiger partial charge on any atom is 0.191 e. The summed E-state index contributed by atoms with van der Waals surface area (Å²) in [6.45, 7) is 10.6. The van der Waals surface area contributed by atoms with Crippen molar-refractivity contribution in [2.75, 3.05) is 26.2 Å². The second-order valence-corrected chi connectivity index (χ2v) is 6.87. The molecule has 2 N–H and O–H groups in total. The molecule has 2 aliphatic rings. The third-order valence-corrected chi connectivity index (χ3v) is 4.62.